The van der Waals surface area contributed by atoms with E-state index < -0.39 is 0 Å². The Morgan fingerprint density at radius 1 is 0.659 bits per heavy atom. The van der Waals surface area contributed by atoms with Crippen molar-refractivity contribution in [1.29, 1.82) is 0 Å². The number of aromatic nitrogens is 4. The van der Waals surface area contributed by atoms with E-state index >= 15 is 0 Å². The van der Waals surface area contributed by atoms with E-state index in [1.165, 1.54) is 33.6 Å². The van der Waals surface area contributed by atoms with Crippen LogP contribution in [0.1, 0.15) is 98.0 Å². The van der Waals surface area contributed by atoms with Crippen LogP contribution in [0.25, 0.3) is 0 Å². The molecule has 5 rings (SSSR count). The average molecular weight is 559 g/mol. The molecular weight excluding hydrogens is 512 g/mol. The van der Waals surface area contributed by atoms with Gasteiger partial charge in [0.25, 0.3) is 0 Å². The summed E-state index contributed by atoms with van der Waals surface area (Å²) in [5.41, 5.74) is 14.0. The SMILES string of the molecule is CCO.CCO.CCc1c2[nH]c(c1CC)Cc1cc([nH]n1)Cc1[nH]c(c(CC)c1CC)C=Nc1ccccc1N=C2. The van der Waals surface area contributed by atoms with Crippen molar-refractivity contribution in [2.75, 3.05) is 13.2 Å². The highest BCUT2D eigenvalue weighted by Crippen LogP contribution is 2.30. The standard InChI is InChI=1S/C29H34N6.2C2H6O/c1-5-20-22(7-3)28-16-30-24-11-9-10-12-25(24)31-17-29-23(8-4)21(6-2)27(33-29)15-19-13-18(34-35-19)14-26(20)32-28;2*1-2-3/h9-13,16-17,32-33H,5-8,14-15H2,1-4H3,(H,34,35);2*3H,2H2,1H3. The van der Waals surface area contributed by atoms with Gasteiger partial charge in [0.05, 0.1) is 40.9 Å². The van der Waals surface area contributed by atoms with E-state index in [4.69, 9.17) is 20.2 Å². The van der Waals surface area contributed by atoms with Crippen molar-refractivity contribution in [2.45, 2.75) is 80.1 Å². The van der Waals surface area contributed by atoms with Crippen molar-refractivity contribution in [3.05, 3.63) is 86.7 Å². The summed E-state index contributed by atoms with van der Waals surface area (Å²) in [6.07, 6.45) is 9.38. The Morgan fingerprint density at radius 2 is 1.10 bits per heavy atom. The van der Waals surface area contributed by atoms with Gasteiger partial charge >= 0.3 is 0 Å². The highest BCUT2D eigenvalue weighted by molar-refractivity contribution is 5.87. The van der Waals surface area contributed by atoms with Crippen molar-refractivity contribution >= 4 is 23.8 Å². The molecular formula is C33H46N6O2. The Balaban J connectivity index is 0.000000710. The van der Waals surface area contributed by atoms with E-state index in [2.05, 4.69) is 53.9 Å². The van der Waals surface area contributed by atoms with Gasteiger partial charge in [-0.15, -0.1) is 0 Å². The fourth-order valence-corrected chi connectivity index (χ4v) is 5.41. The van der Waals surface area contributed by atoms with Crippen molar-refractivity contribution in [1.82, 2.24) is 20.2 Å². The molecule has 41 heavy (non-hydrogen) atoms. The molecule has 220 valence electrons. The zero-order valence-electron chi connectivity index (χ0n) is 25.4. The fourth-order valence-electron chi connectivity index (χ4n) is 5.41. The number of para-hydroxylation sites is 2. The summed E-state index contributed by atoms with van der Waals surface area (Å²) in [5, 5.41) is 23.1. The maximum absolute atomic E-state index is 7.57. The van der Waals surface area contributed by atoms with E-state index in [0.717, 1.165) is 72.7 Å². The lowest BCUT2D eigenvalue weighted by atomic mass is 10.0. The molecule has 4 heterocycles. The van der Waals surface area contributed by atoms with Gasteiger partial charge in [-0.1, -0.05) is 39.8 Å². The molecule has 0 amide bonds. The van der Waals surface area contributed by atoms with Gasteiger partial charge in [0.1, 0.15) is 0 Å². The Kier molecular flexibility index (Phi) is 12.3. The molecule has 0 fully saturated rings. The molecule has 0 atom stereocenters. The van der Waals surface area contributed by atoms with Crippen LogP contribution < -0.4 is 0 Å². The molecule has 5 N–H and O–H groups in total. The summed E-state index contributed by atoms with van der Waals surface area (Å²) < 4.78 is 0. The first-order valence-corrected chi connectivity index (χ1v) is 14.8. The summed E-state index contributed by atoms with van der Waals surface area (Å²) in [7, 11) is 0. The first-order chi connectivity index (χ1) is 20.0. The predicted molar refractivity (Wildman–Crippen MR) is 170 cm³/mol. The lowest BCUT2D eigenvalue weighted by Gasteiger charge is -2.03. The van der Waals surface area contributed by atoms with Crippen LogP contribution in [0.3, 0.4) is 0 Å². The first-order valence-electron chi connectivity index (χ1n) is 14.8. The van der Waals surface area contributed by atoms with Gasteiger partial charge in [0.2, 0.25) is 0 Å². The van der Waals surface area contributed by atoms with Crippen LogP contribution >= 0.6 is 0 Å². The Hall–Kier alpha value is -3.75. The number of nitrogens with zero attached hydrogens (tertiary/aromatic N) is 3. The van der Waals surface area contributed by atoms with E-state index in [1.54, 1.807) is 13.8 Å². The Morgan fingerprint density at radius 3 is 1.54 bits per heavy atom. The van der Waals surface area contributed by atoms with Crippen LogP contribution in [-0.2, 0) is 38.5 Å². The zero-order valence-corrected chi connectivity index (χ0v) is 25.4. The van der Waals surface area contributed by atoms with Crippen molar-refractivity contribution < 1.29 is 10.2 Å². The Bertz CT molecular complexity index is 1330. The molecule has 0 saturated heterocycles. The van der Waals surface area contributed by atoms with Crippen LogP contribution in [-0.4, -0.2) is 56.0 Å². The van der Waals surface area contributed by atoms with Gasteiger partial charge in [-0.3, -0.25) is 15.1 Å². The number of benzene rings is 1. The molecule has 1 aliphatic heterocycles. The van der Waals surface area contributed by atoms with E-state index in [0.29, 0.717) is 0 Å². The third kappa shape index (κ3) is 7.71. The third-order valence-corrected chi connectivity index (χ3v) is 7.05. The topological polar surface area (TPSA) is 125 Å². The largest absolute Gasteiger partial charge is 0.397 e. The van der Waals surface area contributed by atoms with Gasteiger partial charge in [-0.05, 0) is 80.0 Å². The van der Waals surface area contributed by atoms with Crippen LogP contribution in [0.4, 0.5) is 11.4 Å². The number of aliphatic hydroxyl groups excluding tert-OH is 2. The third-order valence-electron chi connectivity index (χ3n) is 7.05. The van der Waals surface area contributed by atoms with E-state index in [1.807, 2.05) is 36.7 Å². The fraction of sp³-hybridized carbons (Fsp3) is 0.424. The summed E-state index contributed by atoms with van der Waals surface area (Å²) in [5.74, 6) is 0. The summed E-state index contributed by atoms with van der Waals surface area (Å²) >= 11 is 0. The molecule has 0 spiro atoms. The number of fused-ring (bicyclic) bond motifs is 7. The minimum absolute atomic E-state index is 0.250. The van der Waals surface area contributed by atoms with Crippen molar-refractivity contribution in [3.8, 4) is 0 Å². The Labute approximate surface area is 244 Å². The minimum atomic E-state index is 0.250. The van der Waals surface area contributed by atoms with Gasteiger partial charge in [-0.25, -0.2) is 0 Å². The molecule has 6 bridgehead atoms. The highest BCUT2D eigenvalue weighted by atomic mass is 16.3. The van der Waals surface area contributed by atoms with Crippen LogP contribution in [0, 0.1) is 0 Å². The van der Waals surface area contributed by atoms with Crippen molar-refractivity contribution in [2.24, 2.45) is 9.98 Å². The summed E-state index contributed by atoms with van der Waals surface area (Å²) in [6, 6.07) is 10.3. The molecule has 0 unspecified atom stereocenters. The number of aromatic amines is 3. The second-order valence-electron chi connectivity index (χ2n) is 9.74. The molecule has 8 nitrogen and oxygen atoms in total. The number of aliphatic imine (C=N–C) groups is 2. The molecule has 0 aliphatic carbocycles. The van der Waals surface area contributed by atoms with Gasteiger partial charge in [-0.2, -0.15) is 5.10 Å². The van der Waals surface area contributed by atoms with Crippen LogP contribution in [0.5, 0.6) is 0 Å². The molecule has 8 heteroatoms. The molecule has 0 radical (unpaired) electrons. The quantitative estimate of drug-likeness (QED) is 0.177. The molecule has 1 aromatic carbocycles. The van der Waals surface area contributed by atoms with Gasteiger partial charge in [0, 0.05) is 43.1 Å². The number of H-pyrrole nitrogens is 3. The van der Waals surface area contributed by atoms with Crippen molar-refractivity contribution in [3.63, 3.8) is 0 Å². The van der Waals surface area contributed by atoms with Gasteiger partial charge in [0.15, 0.2) is 0 Å². The second-order valence-corrected chi connectivity index (χ2v) is 9.74. The predicted octanol–water partition coefficient (Wildman–Crippen LogP) is 6.31. The maximum atomic E-state index is 7.57. The lowest BCUT2D eigenvalue weighted by molar-refractivity contribution is 0.318. The molecule has 3 aromatic heterocycles. The minimum Gasteiger partial charge on any atom is -0.397 e. The first kappa shape index (κ1) is 31.8. The second kappa shape index (κ2) is 15.9. The van der Waals surface area contributed by atoms with Crippen LogP contribution in [0.15, 0.2) is 40.3 Å². The lowest BCUT2D eigenvalue weighted by Crippen LogP contribution is -1.95. The summed E-state index contributed by atoms with van der Waals surface area (Å²) in [6.45, 7) is 12.7. The molecule has 1 aliphatic rings. The number of nitrogens with one attached hydrogen (secondary N) is 3. The molecule has 0 saturated carbocycles. The molecule has 4 aromatic rings. The highest BCUT2D eigenvalue weighted by Gasteiger charge is 2.18. The maximum Gasteiger partial charge on any atom is 0.0887 e. The van der Waals surface area contributed by atoms with Gasteiger partial charge < -0.3 is 20.2 Å². The van der Waals surface area contributed by atoms with E-state index in [-0.39, 0.29) is 13.2 Å². The monoisotopic (exact) mass is 558 g/mol. The normalized spacial score (nSPS) is 12.1. The number of hydrogen-bond acceptors (Lipinski definition) is 5. The van der Waals surface area contributed by atoms with Crippen LogP contribution in [0.2, 0.25) is 0 Å². The average Bonchev–Trinajstić information content (AvgIpc) is 3.66. The zero-order chi connectivity index (χ0) is 29.8. The number of hydrogen-bond donors (Lipinski definition) is 5. The smallest absolute Gasteiger partial charge is 0.0887 e. The number of aliphatic hydroxyl groups is 2. The van der Waals surface area contributed by atoms with E-state index in [9.17, 15) is 0 Å². The number of rotatable bonds is 4. The summed E-state index contributed by atoms with van der Waals surface area (Å²) in [4.78, 5) is 17.1.